The van der Waals surface area contributed by atoms with Crippen molar-refractivity contribution in [1.29, 1.82) is 0 Å². The lowest BCUT2D eigenvalue weighted by molar-refractivity contribution is 0.320. The van der Waals surface area contributed by atoms with E-state index >= 15 is 0 Å². The first-order valence-corrected chi connectivity index (χ1v) is 9.24. The predicted octanol–water partition coefficient (Wildman–Crippen LogP) is 3.11. The molecule has 4 nitrogen and oxygen atoms in total. The van der Waals surface area contributed by atoms with Crippen molar-refractivity contribution >= 4 is 10.0 Å². The Hall–Kier alpha value is -1.85. The maximum Gasteiger partial charge on any atom is 0.215 e. The van der Waals surface area contributed by atoms with Crippen molar-refractivity contribution in [2.75, 3.05) is 13.2 Å². The average Bonchev–Trinajstić information content (AvgIpc) is 2.47. The van der Waals surface area contributed by atoms with E-state index in [1.165, 1.54) is 5.56 Å². The molecule has 5 heteroatoms. The molecule has 0 amide bonds. The van der Waals surface area contributed by atoms with Crippen LogP contribution >= 0.6 is 0 Å². The van der Waals surface area contributed by atoms with E-state index in [2.05, 4.69) is 4.72 Å². The molecule has 124 valence electrons. The average molecular weight is 333 g/mol. The van der Waals surface area contributed by atoms with Gasteiger partial charge < -0.3 is 4.74 Å². The van der Waals surface area contributed by atoms with Crippen LogP contribution in [0, 0.1) is 20.8 Å². The van der Waals surface area contributed by atoms with Gasteiger partial charge in [-0.25, -0.2) is 13.1 Å². The Bertz CT molecular complexity index is 752. The predicted molar refractivity (Wildman–Crippen MR) is 93.2 cm³/mol. The Morgan fingerprint density at radius 2 is 1.61 bits per heavy atom. The van der Waals surface area contributed by atoms with E-state index in [1.54, 1.807) is 0 Å². The molecule has 0 aliphatic rings. The minimum absolute atomic E-state index is 0.0170. The Morgan fingerprint density at radius 3 is 2.26 bits per heavy atom. The van der Waals surface area contributed by atoms with Crippen molar-refractivity contribution in [2.24, 2.45) is 0 Å². The first kappa shape index (κ1) is 17.5. The molecule has 1 N–H and O–H groups in total. The Labute approximate surface area is 138 Å². The van der Waals surface area contributed by atoms with Crippen LogP contribution in [-0.4, -0.2) is 21.6 Å². The molecule has 0 unspecified atom stereocenters. The fraction of sp³-hybridized carbons (Fsp3) is 0.333. The molecule has 2 rings (SSSR count). The molecule has 0 fully saturated rings. The molecule has 23 heavy (non-hydrogen) atoms. The van der Waals surface area contributed by atoms with Gasteiger partial charge in [0.05, 0.1) is 5.75 Å². The van der Waals surface area contributed by atoms with Crippen molar-refractivity contribution in [3.8, 4) is 5.75 Å². The van der Waals surface area contributed by atoms with Crippen molar-refractivity contribution in [3.63, 3.8) is 0 Å². The molecule has 0 atom stereocenters. The van der Waals surface area contributed by atoms with Crippen LogP contribution in [0.1, 0.15) is 22.3 Å². The third-order valence-electron chi connectivity index (χ3n) is 3.49. The standard InChI is InChI=1S/C18H23NO3S/c1-14-4-7-17(8-5-14)13-23(20,21)19-10-11-22-18-9-6-15(2)12-16(18)3/h4-9,12,19H,10-11,13H2,1-3H3. The number of nitrogens with one attached hydrogen (secondary N) is 1. The second-order valence-corrected chi connectivity index (χ2v) is 7.56. The molecule has 0 heterocycles. The number of rotatable bonds is 7. The largest absolute Gasteiger partial charge is 0.492 e. The van der Waals surface area contributed by atoms with Crippen LogP contribution < -0.4 is 9.46 Å². The summed E-state index contributed by atoms with van der Waals surface area (Å²) in [6.45, 7) is 6.53. The highest BCUT2D eigenvalue weighted by Gasteiger charge is 2.11. The fourth-order valence-corrected chi connectivity index (χ4v) is 3.40. The third-order valence-corrected chi connectivity index (χ3v) is 4.85. The van der Waals surface area contributed by atoms with Crippen molar-refractivity contribution in [1.82, 2.24) is 4.72 Å². The van der Waals surface area contributed by atoms with Crippen LogP contribution in [0.2, 0.25) is 0 Å². The number of ether oxygens (including phenoxy) is 1. The topological polar surface area (TPSA) is 55.4 Å². The van der Waals surface area contributed by atoms with Crippen LogP contribution in [0.25, 0.3) is 0 Å². The molecule has 0 radical (unpaired) electrons. The molecule has 0 aliphatic carbocycles. The zero-order valence-corrected chi connectivity index (χ0v) is 14.6. The summed E-state index contributed by atoms with van der Waals surface area (Å²) in [4.78, 5) is 0. The van der Waals surface area contributed by atoms with Crippen LogP contribution in [0.4, 0.5) is 0 Å². The summed E-state index contributed by atoms with van der Waals surface area (Å²) in [6.07, 6.45) is 0. The van der Waals surface area contributed by atoms with E-state index in [9.17, 15) is 8.42 Å². The molecular weight excluding hydrogens is 310 g/mol. The summed E-state index contributed by atoms with van der Waals surface area (Å²) in [6, 6.07) is 13.4. The summed E-state index contributed by atoms with van der Waals surface area (Å²) in [5.41, 5.74) is 4.11. The second kappa shape index (κ2) is 7.62. The molecule has 0 spiro atoms. The quantitative estimate of drug-likeness (QED) is 0.792. The number of sulfonamides is 1. The van der Waals surface area contributed by atoms with Crippen LogP contribution in [-0.2, 0) is 15.8 Å². The van der Waals surface area contributed by atoms with Crippen molar-refractivity contribution in [2.45, 2.75) is 26.5 Å². The fourth-order valence-electron chi connectivity index (χ4n) is 2.27. The smallest absolute Gasteiger partial charge is 0.215 e. The molecule has 0 saturated heterocycles. The Kier molecular flexibility index (Phi) is 5.80. The van der Waals surface area contributed by atoms with Gasteiger partial charge in [0.1, 0.15) is 12.4 Å². The van der Waals surface area contributed by atoms with E-state index in [1.807, 2.05) is 63.2 Å². The number of benzene rings is 2. The maximum atomic E-state index is 12.0. The zero-order chi connectivity index (χ0) is 16.9. The molecule has 2 aromatic rings. The molecule has 0 saturated carbocycles. The number of hydrogen-bond donors (Lipinski definition) is 1. The minimum atomic E-state index is -3.35. The van der Waals surface area contributed by atoms with E-state index in [0.717, 1.165) is 22.4 Å². The van der Waals surface area contributed by atoms with Gasteiger partial charge >= 0.3 is 0 Å². The van der Waals surface area contributed by atoms with E-state index in [-0.39, 0.29) is 12.3 Å². The summed E-state index contributed by atoms with van der Waals surface area (Å²) in [5.74, 6) is 0.768. The first-order chi connectivity index (χ1) is 10.9. The lowest BCUT2D eigenvalue weighted by Gasteiger charge is -2.11. The van der Waals surface area contributed by atoms with Gasteiger partial charge in [0.2, 0.25) is 10.0 Å². The second-order valence-electron chi connectivity index (χ2n) is 5.76. The summed E-state index contributed by atoms with van der Waals surface area (Å²) in [5, 5.41) is 0. The molecular formula is C18H23NO3S. The van der Waals surface area contributed by atoms with Crippen LogP contribution in [0.5, 0.6) is 5.75 Å². The highest BCUT2D eigenvalue weighted by atomic mass is 32.2. The minimum Gasteiger partial charge on any atom is -0.492 e. The van der Waals surface area contributed by atoms with Gasteiger partial charge in [-0.15, -0.1) is 0 Å². The van der Waals surface area contributed by atoms with Gasteiger partial charge in [-0.05, 0) is 38.0 Å². The maximum absolute atomic E-state index is 12.0. The highest BCUT2D eigenvalue weighted by Crippen LogP contribution is 2.18. The van der Waals surface area contributed by atoms with Gasteiger partial charge in [-0.1, -0.05) is 47.5 Å². The zero-order valence-electron chi connectivity index (χ0n) is 13.8. The first-order valence-electron chi connectivity index (χ1n) is 7.59. The Morgan fingerprint density at radius 1 is 0.957 bits per heavy atom. The van der Waals surface area contributed by atoms with Gasteiger partial charge in [0.15, 0.2) is 0 Å². The van der Waals surface area contributed by atoms with Crippen LogP contribution in [0.3, 0.4) is 0 Å². The normalized spacial score (nSPS) is 11.4. The Balaban J connectivity index is 1.81. The van der Waals surface area contributed by atoms with Gasteiger partial charge in [-0.3, -0.25) is 0 Å². The molecule has 0 aliphatic heterocycles. The SMILES string of the molecule is Cc1ccc(CS(=O)(=O)NCCOc2ccc(C)cc2C)cc1. The van der Waals surface area contributed by atoms with Crippen molar-refractivity contribution < 1.29 is 13.2 Å². The molecule has 0 bridgehead atoms. The van der Waals surface area contributed by atoms with Gasteiger partial charge in [-0.2, -0.15) is 0 Å². The lowest BCUT2D eigenvalue weighted by Crippen LogP contribution is -2.29. The summed E-state index contributed by atoms with van der Waals surface area (Å²) in [7, 11) is -3.35. The van der Waals surface area contributed by atoms with E-state index in [4.69, 9.17) is 4.74 Å². The van der Waals surface area contributed by atoms with Gasteiger partial charge in [0.25, 0.3) is 0 Å². The van der Waals surface area contributed by atoms with Crippen LogP contribution in [0.15, 0.2) is 42.5 Å². The monoisotopic (exact) mass is 333 g/mol. The number of aryl methyl sites for hydroxylation is 3. The highest BCUT2D eigenvalue weighted by molar-refractivity contribution is 7.88. The van der Waals surface area contributed by atoms with Crippen molar-refractivity contribution in [3.05, 3.63) is 64.7 Å². The number of hydrogen-bond acceptors (Lipinski definition) is 3. The summed E-state index contributed by atoms with van der Waals surface area (Å²) >= 11 is 0. The lowest BCUT2D eigenvalue weighted by atomic mass is 10.1. The third kappa shape index (κ3) is 5.69. The molecule has 0 aromatic heterocycles. The van der Waals surface area contributed by atoms with Gasteiger partial charge in [0, 0.05) is 6.54 Å². The molecule has 2 aromatic carbocycles. The summed E-state index contributed by atoms with van der Waals surface area (Å²) < 4.78 is 32.3. The van der Waals surface area contributed by atoms with E-state index in [0.29, 0.717) is 6.61 Å². The van der Waals surface area contributed by atoms with E-state index < -0.39 is 10.0 Å².